The molecule has 0 saturated carbocycles. The molecule has 0 spiro atoms. The number of rotatable bonds is 4. The van der Waals surface area contributed by atoms with Gasteiger partial charge in [0, 0.05) is 6.61 Å². The van der Waals surface area contributed by atoms with E-state index >= 15 is 0 Å². The fourth-order valence-corrected chi connectivity index (χ4v) is 2.28. The van der Waals surface area contributed by atoms with E-state index in [9.17, 15) is 9.59 Å². The molecule has 5 nitrogen and oxygen atoms in total. The summed E-state index contributed by atoms with van der Waals surface area (Å²) >= 11 is 11.8. The third-order valence-electron chi connectivity index (χ3n) is 2.77. The number of para-hydroxylation sites is 1. The van der Waals surface area contributed by atoms with Crippen molar-refractivity contribution in [2.45, 2.75) is 18.9 Å². The van der Waals surface area contributed by atoms with Gasteiger partial charge in [-0.1, -0.05) is 29.3 Å². The van der Waals surface area contributed by atoms with Crippen LogP contribution in [-0.2, 0) is 19.1 Å². The molecule has 1 heterocycles. The van der Waals surface area contributed by atoms with Crippen molar-refractivity contribution >= 4 is 40.8 Å². The zero-order chi connectivity index (χ0) is 14.5. The van der Waals surface area contributed by atoms with Crippen molar-refractivity contribution in [2.24, 2.45) is 0 Å². The first-order chi connectivity index (χ1) is 9.58. The smallest absolute Gasteiger partial charge is 0.335 e. The van der Waals surface area contributed by atoms with Gasteiger partial charge in [0.2, 0.25) is 0 Å². The summed E-state index contributed by atoms with van der Waals surface area (Å²) in [5.41, 5.74) is 0.300. The Morgan fingerprint density at radius 2 is 2.05 bits per heavy atom. The molecule has 0 radical (unpaired) electrons. The molecule has 0 bridgehead atoms. The van der Waals surface area contributed by atoms with E-state index in [1.165, 1.54) is 0 Å². The van der Waals surface area contributed by atoms with E-state index in [1.54, 1.807) is 18.2 Å². The lowest BCUT2D eigenvalue weighted by Gasteiger charge is -2.11. The number of anilines is 1. The fourth-order valence-electron chi connectivity index (χ4n) is 1.79. The Morgan fingerprint density at radius 1 is 1.35 bits per heavy atom. The van der Waals surface area contributed by atoms with Crippen LogP contribution in [-0.4, -0.2) is 31.2 Å². The summed E-state index contributed by atoms with van der Waals surface area (Å²) in [6.45, 7) is 0.140. The first-order valence-corrected chi connectivity index (χ1v) is 6.85. The summed E-state index contributed by atoms with van der Waals surface area (Å²) in [5, 5.41) is 3.14. The Labute approximate surface area is 126 Å². The minimum atomic E-state index is -0.563. The SMILES string of the molecule is O=C(COC(=O)[C@@H]1CCCO1)Nc1c(Cl)cccc1Cl. The van der Waals surface area contributed by atoms with Crippen LogP contribution in [0.25, 0.3) is 0 Å². The molecule has 7 heteroatoms. The van der Waals surface area contributed by atoms with Gasteiger partial charge in [0.05, 0.1) is 15.7 Å². The van der Waals surface area contributed by atoms with Crippen LogP contribution >= 0.6 is 23.2 Å². The zero-order valence-corrected chi connectivity index (χ0v) is 12.0. The van der Waals surface area contributed by atoms with Crippen molar-refractivity contribution in [3.05, 3.63) is 28.2 Å². The number of halogens is 2. The zero-order valence-electron chi connectivity index (χ0n) is 10.5. The van der Waals surface area contributed by atoms with Crippen molar-refractivity contribution < 1.29 is 19.1 Å². The average Bonchev–Trinajstić information content (AvgIpc) is 2.94. The molecule has 1 aromatic carbocycles. The Kier molecular flexibility index (Phi) is 5.23. The summed E-state index contributed by atoms with van der Waals surface area (Å²) in [5.74, 6) is -1.03. The molecule has 0 aromatic heterocycles. The molecule has 1 amide bonds. The standard InChI is InChI=1S/C13H13Cl2NO4/c14-8-3-1-4-9(15)12(8)16-11(17)7-20-13(18)10-5-2-6-19-10/h1,3-4,10H,2,5-7H2,(H,16,17)/t10-/m0/s1. The highest BCUT2D eigenvalue weighted by Crippen LogP contribution is 2.29. The van der Waals surface area contributed by atoms with Crippen LogP contribution in [0.1, 0.15) is 12.8 Å². The van der Waals surface area contributed by atoms with Gasteiger partial charge in [-0.15, -0.1) is 0 Å². The Bertz CT molecular complexity index is 495. The normalized spacial score (nSPS) is 17.8. The van der Waals surface area contributed by atoms with E-state index in [2.05, 4.69) is 5.32 Å². The van der Waals surface area contributed by atoms with Crippen LogP contribution < -0.4 is 5.32 Å². The van der Waals surface area contributed by atoms with Crippen molar-refractivity contribution in [3.63, 3.8) is 0 Å². The lowest BCUT2D eigenvalue weighted by Crippen LogP contribution is -2.27. The van der Waals surface area contributed by atoms with Gasteiger partial charge in [0.25, 0.3) is 5.91 Å². The summed E-state index contributed by atoms with van der Waals surface area (Å²) in [4.78, 5) is 23.2. The lowest BCUT2D eigenvalue weighted by molar-refractivity contribution is -0.156. The van der Waals surface area contributed by atoms with Crippen molar-refractivity contribution in [2.75, 3.05) is 18.5 Å². The minimum Gasteiger partial charge on any atom is -0.454 e. The third kappa shape index (κ3) is 3.85. The minimum absolute atomic E-state index is 0.300. The molecule has 1 fully saturated rings. The maximum Gasteiger partial charge on any atom is 0.335 e. The number of nitrogens with one attached hydrogen (secondary N) is 1. The summed E-state index contributed by atoms with van der Waals surface area (Å²) < 4.78 is 10.0. The largest absolute Gasteiger partial charge is 0.454 e. The molecule has 1 saturated heterocycles. The quantitative estimate of drug-likeness (QED) is 0.867. The second-order valence-electron chi connectivity index (χ2n) is 4.25. The van der Waals surface area contributed by atoms with E-state index in [-0.39, 0.29) is 0 Å². The number of carbonyl (C=O) groups is 2. The van der Waals surface area contributed by atoms with Crippen LogP contribution in [0.4, 0.5) is 5.69 Å². The Balaban J connectivity index is 1.85. The molecular weight excluding hydrogens is 305 g/mol. The number of benzene rings is 1. The maximum atomic E-state index is 11.7. The predicted octanol–water partition coefficient (Wildman–Crippen LogP) is 2.65. The van der Waals surface area contributed by atoms with Gasteiger partial charge in [0.1, 0.15) is 0 Å². The number of hydrogen-bond acceptors (Lipinski definition) is 4. The molecular formula is C13H13Cl2NO4. The topological polar surface area (TPSA) is 64.6 Å². The van der Waals surface area contributed by atoms with E-state index in [0.717, 1.165) is 6.42 Å². The predicted molar refractivity (Wildman–Crippen MR) is 75.0 cm³/mol. The first-order valence-electron chi connectivity index (χ1n) is 6.10. The molecule has 1 aromatic rings. The summed E-state index contributed by atoms with van der Waals surface area (Å²) in [7, 11) is 0. The van der Waals surface area contributed by atoms with Crippen LogP contribution in [0.5, 0.6) is 0 Å². The maximum absolute atomic E-state index is 11.7. The molecule has 108 valence electrons. The van der Waals surface area contributed by atoms with E-state index in [0.29, 0.717) is 28.8 Å². The van der Waals surface area contributed by atoms with Crippen molar-refractivity contribution in [1.29, 1.82) is 0 Å². The van der Waals surface area contributed by atoms with Crippen LogP contribution in [0, 0.1) is 0 Å². The van der Waals surface area contributed by atoms with E-state index < -0.39 is 24.6 Å². The highest BCUT2D eigenvalue weighted by molar-refractivity contribution is 6.39. The van der Waals surface area contributed by atoms with Gasteiger partial charge in [-0.25, -0.2) is 4.79 Å². The average molecular weight is 318 g/mol. The van der Waals surface area contributed by atoms with Crippen LogP contribution in [0.3, 0.4) is 0 Å². The Morgan fingerprint density at radius 3 is 2.65 bits per heavy atom. The number of carbonyl (C=O) groups excluding carboxylic acids is 2. The molecule has 1 N–H and O–H groups in total. The van der Waals surface area contributed by atoms with Gasteiger partial charge in [-0.2, -0.15) is 0 Å². The number of ether oxygens (including phenoxy) is 2. The first kappa shape index (κ1) is 15.1. The highest BCUT2D eigenvalue weighted by atomic mass is 35.5. The molecule has 1 aliphatic heterocycles. The molecule has 0 unspecified atom stereocenters. The molecule has 1 aliphatic rings. The van der Waals surface area contributed by atoms with Crippen molar-refractivity contribution in [3.8, 4) is 0 Å². The highest BCUT2D eigenvalue weighted by Gasteiger charge is 2.25. The molecule has 20 heavy (non-hydrogen) atoms. The van der Waals surface area contributed by atoms with Crippen LogP contribution in [0.2, 0.25) is 10.0 Å². The Hall–Kier alpha value is -1.30. The third-order valence-corrected chi connectivity index (χ3v) is 3.40. The molecule has 2 rings (SSSR count). The molecule has 1 atom stereocenters. The number of hydrogen-bond donors (Lipinski definition) is 1. The van der Waals surface area contributed by atoms with Gasteiger partial charge < -0.3 is 14.8 Å². The van der Waals surface area contributed by atoms with Crippen LogP contribution in [0.15, 0.2) is 18.2 Å². The number of esters is 1. The van der Waals surface area contributed by atoms with Gasteiger partial charge in [-0.3, -0.25) is 4.79 Å². The summed E-state index contributed by atoms with van der Waals surface area (Å²) in [6, 6.07) is 4.86. The van der Waals surface area contributed by atoms with E-state index in [1.807, 2.05) is 0 Å². The molecule has 0 aliphatic carbocycles. The number of amides is 1. The van der Waals surface area contributed by atoms with Gasteiger partial charge >= 0.3 is 5.97 Å². The second kappa shape index (κ2) is 6.92. The van der Waals surface area contributed by atoms with Gasteiger partial charge in [0.15, 0.2) is 12.7 Å². The van der Waals surface area contributed by atoms with Gasteiger partial charge in [-0.05, 0) is 25.0 Å². The monoisotopic (exact) mass is 317 g/mol. The van der Waals surface area contributed by atoms with E-state index in [4.69, 9.17) is 32.7 Å². The fraction of sp³-hybridized carbons (Fsp3) is 0.385. The second-order valence-corrected chi connectivity index (χ2v) is 5.07. The summed E-state index contributed by atoms with van der Waals surface area (Å²) in [6.07, 6.45) is 0.879. The lowest BCUT2D eigenvalue weighted by atomic mass is 10.2. The van der Waals surface area contributed by atoms with Crippen molar-refractivity contribution in [1.82, 2.24) is 0 Å².